The lowest BCUT2D eigenvalue weighted by Crippen LogP contribution is -2.34. The second kappa shape index (κ2) is 10.1. The molecule has 0 fully saturated rings. The van der Waals surface area contributed by atoms with Gasteiger partial charge >= 0.3 is 5.97 Å². The van der Waals surface area contributed by atoms with Crippen LogP contribution in [0.4, 0.5) is 0 Å². The lowest BCUT2D eigenvalue weighted by atomic mass is 10.0. The molecule has 106 valence electrons. The van der Waals surface area contributed by atoms with Gasteiger partial charge in [-0.2, -0.15) is 0 Å². The molecule has 0 aliphatic carbocycles. The zero-order valence-corrected chi connectivity index (χ0v) is 11.8. The summed E-state index contributed by atoms with van der Waals surface area (Å²) in [6, 6.07) is 0. The summed E-state index contributed by atoms with van der Waals surface area (Å²) in [7, 11) is 1.36. The van der Waals surface area contributed by atoms with Crippen molar-refractivity contribution in [1.82, 2.24) is 5.32 Å². The predicted molar refractivity (Wildman–Crippen MR) is 76.5 cm³/mol. The zero-order chi connectivity index (χ0) is 14.7. The van der Waals surface area contributed by atoms with Gasteiger partial charge < -0.3 is 10.1 Å². The third-order valence-electron chi connectivity index (χ3n) is 2.73. The lowest BCUT2D eigenvalue weighted by molar-refractivity contribution is -0.145. The maximum Gasteiger partial charge on any atom is 0.310 e. The van der Waals surface area contributed by atoms with Crippen LogP contribution < -0.4 is 5.32 Å². The maximum atomic E-state index is 11.8. The van der Waals surface area contributed by atoms with Gasteiger partial charge in [-0.1, -0.05) is 51.2 Å². The van der Waals surface area contributed by atoms with E-state index in [-0.39, 0.29) is 24.3 Å². The molecule has 0 rings (SSSR count). The molecule has 0 aromatic heterocycles. The molecule has 1 unspecified atom stereocenters. The van der Waals surface area contributed by atoms with Gasteiger partial charge in [0.1, 0.15) is 0 Å². The normalized spacial score (nSPS) is 12.4. The zero-order valence-electron chi connectivity index (χ0n) is 11.8. The first kappa shape index (κ1) is 17.2. The number of carbonyl (C=O) groups is 2. The molecule has 4 nitrogen and oxygen atoms in total. The van der Waals surface area contributed by atoms with Crippen molar-refractivity contribution in [2.45, 2.75) is 26.2 Å². The van der Waals surface area contributed by atoms with E-state index >= 15 is 0 Å². The fourth-order valence-corrected chi connectivity index (χ4v) is 1.60. The van der Waals surface area contributed by atoms with Gasteiger partial charge in [-0.15, -0.1) is 0 Å². The number of rotatable bonds is 9. The van der Waals surface area contributed by atoms with E-state index < -0.39 is 0 Å². The summed E-state index contributed by atoms with van der Waals surface area (Å²) in [5.41, 5.74) is 0.425. The molecule has 1 N–H and O–H groups in total. The molecule has 0 aromatic carbocycles. The van der Waals surface area contributed by atoms with E-state index in [1.165, 1.54) is 19.3 Å². The molecule has 0 aliphatic rings. The van der Waals surface area contributed by atoms with Crippen molar-refractivity contribution in [3.8, 4) is 0 Å². The molecule has 1 atom stereocenters. The van der Waals surface area contributed by atoms with Crippen LogP contribution in [0.25, 0.3) is 0 Å². The fourth-order valence-electron chi connectivity index (χ4n) is 1.60. The van der Waals surface area contributed by atoms with E-state index in [9.17, 15) is 9.59 Å². The first-order chi connectivity index (χ1) is 9.10. The summed E-state index contributed by atoms with van der Waals surface area (Å²) in [5, 5.41) is 2.72. The quantitative estimate of drug-likeness (QED) is 0.395. The maximum absolute atomic E-state index is 11.8. The summed E-state index contributed by atoms with van der Waals surface area (Å²) < 4.78 is 4.73. The van der Waals surface area contributed by atoms with Crippen LogP contribution in [0.5, 0.6) is 0 Å². The van der Waals surface area contributed by atoms with Crippen molar-refractivity contribution in [1.29, 1.82) is 0 Å². The van der Waals surface area contributed by atoms with Gasteiger partial charge in [0, 0.05) is 12.1 Å². The van der Waals surface area contributed by atoms with Crippen LogP contribution >= 0.6 is 0 Å². The number of methoxy groups -OCH3 is 1. The van der Waals surface area contributed by atoms with Crippen molar-refractivity contribution >= 4 is 11.9 Å². The average Bonchev–Trinajstić information content (AvgIpc) is 2.43. The number of ether oxygens (including phenoxy) is 1. The molecule has 0 saturated heterocycles. The summed E-state index contributed by atoms with van der Waals surface area (Å²) in [5.74, 6) is -0.856. The van der Waals surface area contributed by atoms with E-state index in [2.05, 4.69) is 25.4 Å². The Bertz CT molecular complexity index is 358. The van der Waals surface area contributed by atoms with Gasteiger partial charge in [0.25, 0.3) is 5.91 Å². The van der Waals surface area contributed by atoms with Gasteiger partial charge in [-0.3, -0.25) is 9.59 Å². The second-order valence-corrected chi connectivity index (χ2v) is 4.13. The Morgan fingerprint density at radius 2 is 2.05 bits per heavy atom. The summed E-state index contributed by atoms with van der Waals surface area (Å²) >= 11 is 0. The first-order valence-electron chi connectivity index (χ1n) is 6.41. The lowest BCUT2D eigenvalue weighted by Gasteiger charge is -2.15. The van der Waals surface area contributed by atoms with Crippen molar-refractivity contribution in [2.75, 3.05) is 13.7 Å². The Morgan fingerprint density at radius 3 is 2.53 bits per heavy atom. The number of hydrogen-bond acceptors (Lipinski definition) is 3. The standard InChI is InChI=1S/C15H23NO3/c1-5-8-10-13(15(18)19-4)11-16-14(17)12(7-3)9-6-2/h6-7,9,13H,2-3,5,8,10-11H2,1,4H3,(H,16,17). The molecule has 0 aromatic rings. The van der Waals surface area contributed by atoms with E-state index in [1.807, 2.05) is 0 Å². The molecule has 19 heavy (non-hydrogen) atoms. The molecule has 0 spiro atoms. The Hall–Kier alpha value is -1.84. The van der Waals surface area contributed by atoms with Gasteiger partial charge in [0.2, 0.25) is 0 Å². The van der Waals surface area contributed by atoms with Crippen LogP contribution in [0.15, 0.2) is 37.0 Å². The number of esters is 1. The van der Waals surface area contributed by atoms with Crippen molar-refractivity contribution in [3.63, 3.8) is 0 Å². The smallest absolute Gasteiger partial charge is 0.310 e. The van der Waals surface area contributed by atoms with Crippen molar-refractivity contribution < 1.29 is 14.3 Å². The van der Waals surface area contributed by atoms with E-state index in [4.69, 9.17) is 4.74 Å². The third kappa shape index (κ3) is 6.60. The number of allylic oxidation sites excluding steroid dienone is 2. The average molecular weight is 265 g/mol. The van der Waals surface area contributed by atoms with Crippen LogP contribution in [0.3, 0.4) is 0 Å². The summed E-state index contributed by atoms with van der Waals surface area (Å²) in [4.78, 5) is 23.4. The fraction of sp³-hybridized carbons (Fsp3) is 0.467. The highest BCUT2D eigenvalue weighted by molar-refractivity contribution is 5.96. The predicted octanol–water partition coefficient (Wildman–Crippen LogP) is 2.38. The number of nitrogens with one attached hydrogen (secondary N) is 1. The number of hydrogen-bond donors (Lipinski definition) is 1. The Morgan fingerprint density at radius 1 is 1.37 bits per heavy atom. The van der Waals surface area contributed by atoms with Gasteiger partial charge in [0.15, 0.2) is 0 Å². The van der Waals surface area contributed by atoms with E-state index in [0.29, 0.717) is 12.0 Å². The highest BCUT2D eigenvalue weighted by Crippen LogP contribution is 2.10. The topological polar surface area (TPSA) is 55.4 Å². The van der Waals surface area contributed by atoms with E-state index in [0.717, 1.165) is 12.8 Å². The van der Waals surface area contributed by atoms with Crippen LogP contribution in [0.2, 0.25) is 0 Å². The monoisotopic (exact) mass is 265 g/mol. The number of unbranched alkanes of at least 4 members (excludes halogenated alkanes) is 1. The molecular weight excluding hydrogens is 242 g/mol. The SMILES string of the molecule is C=CC=C(C=C)C(=O)NCC(CCCC)C(=O)OC. The molecule has 0 saturated carbocycles. The third-order valence-corrected chi connectivity index (χ3v) is 2.73. The largest absolute Gasteiger partial charge is 0.469 e. The van der Waals surface area contributed by atoms with Crippen LogP contribution in [0.1, 0.15) is 26.2 Å². The van der Waals surface area contributed by atoms with Gasteiger partial charge in [-0.05, 0) is 6.42 Å². The summed E-state index contributed by atoms with van der Waals surface area (Å²) in [6.07, 6.45) is 7.17. The molecular formula is C15H23NO3. The minimum atomic E-state index is -0.302. The minimum Gasteiger partial charge on any atom is -0.469 e. The summed E-state index contributed by atoms with van der Waals surface area (Å²) in [6.45, 7) is 9.41. The highest BCUT2D eigenvalue weighted by atomic mass is 16.5. The molecule has 0 aliphatic heterocycles. The molecule has 1 amide bonds. The van der Waals surface area contributed by atoms with E-state index in [1.54, 1.807) is 6.08 Å². The molecule has 0 heterocycles. The van der Waals surface area contributed by atoms with Crippen LogP contribution in [-0.4, -0.2) is 25.5 Å². The molecule has 4 heteroatoms. The van der Waals surface area contributed by atoms with Crippen molar-refractivity contribution in [3.05, 3.63) is 37.0 Å². The Labute approximate surface area is 115 Å². The number of amides is 1. The Kier molecular flexibility index (Phi) is 9.14. The van der Waals surface area contributed by atoms with Crippen LogP contribution in [-0.2, 0) is 14.3 Å². The second-order valence-electron chi connectivity index (χ2n) is 4.13. The van der Waals surface area contributed by atoms with Gasteiger partial charge in [0.05, 0.1) is 13.0 Å². The highest BCUT2D eigenvalue weighted by Gasteiger charge is 2.19. The van der Waals surface area contributed by atoms with Crippen LogP contribution in [0, 0.1) is 5.92 Å². The first-order valence-corrected chi connectivity index (χ1v) is 6.41. The number of carbonyl (C=O) groups excluding carboxylic acids is 2. The molecule has 0 radical (unpaired) electrons. The van der Waals surface area contributed by atoms with Crippen molar-refractivity contribution in [2.24, 2.45) is 5.92 Å². The Balaban J connectivity index is 4.49. The minimum absolute atomic E-state index is 0.264. The van der Waals surface area contributed by atoms with Gasteiger partial charge in [-0.25, -0.2) is 0 Å². The molecule has 0 bridgehead atoms.